The number of hydrogen-bond donors (Lipinski definition) is 2. The van der Waals surface area contributed by atoms with Crippen LogP contribution in [-0.2, 0) is 0 Å². The highest BCUT2D eigenvalue weighted by atomic mass is 16.1. The number of pyridine rings is 1. The average Bonchev–Trinajstić information content (AvgIpc) is 3.43. The van der Waals surface area contributed by atoms with Gasteiger partial charge in [0, 0.05) is 24.2 Å². The first kappa shape index (κ1) is 17.7. The molecule has 6 nitrogen and oxygen atoms in total. The van der Waals surface area contributed by atoms with Crippen LogP contribution in [0.3, 0.4) is 0 Å². The van der Waals surface area contributed by atoms with Crippen LogP contribution < -0.4 is 11.1 Å². The van der Waals surface area contributed by atoms with Crippen molar-refractivity contribution in [3.63, 3.8) is 0 Å². The number of aromatic nitrogens is 3. The summed E-state index contributed by atoms with van der Waals surface area (Å²) in [7, 11) is 0. The largest absolute Gasteiger partial charge is 0.348 e. The molecule has 0 radical (unpaired) electrons. The highest BCUT2D eigenvalue weighted by Gasteiger charge is 2.32. The molecule has 0 spiro atoms. The lowest BCUT2D eigenvalue weighted by Crippen LogP contribution is -2.41. The Hall–Kier alpha value is -2.73. The molecule has 1 amide bonds. The molecule has 6 heteroatoms. The Morgan fingerprint density at radius 1 is 1.30 bits per heavy atom. The fraction of sp³-hybridized carbons (Fsp3) is 0.381. The molecule has 2 aromatic heterocycles. The van der Waals surface area contributed by atoms with Crippen molar-refractivity contribution in [3.05, 3.63) is 48.2 Å². The zero-order chi connectivity index (χ0) is 19.0. The molecule has 4 rings (SSSR count). The lowest BCUT2D eigenvalue weighted by atomic mass is 10.1. The summed E-state index contributed by atoms with van der Waals surface area (Å²) in [6, 6.07) is 11.9. The quantitative estimate of drug-likeness (QED) is 0.704. The zero-order valence-corrected chi connectivity index (χ0v) is 15.7. The van der Waals surface area contributed by atoms with Crippen LogP contribution in [0.2, 0.25) is 0 Å². The fourth-order valence-electron chi connectivity index (χ4n) is 3.45. The molecule has 1 unspecified atom stereocenters. The minimum Gasteiger partial charge on any atom is -0.348 e. The lowest BCUT2D eigenvalue weighted by molar-refractivity contribution is 0.0935. The predicted octanol–water partition coefficient (Wildman–Crippen LogP) is 3.15. The van der Waals surface area contributed by atoms with Crippen LogP contribution in [-0.4, -0.2) is 33.3 Å². The SMILES string of the molecule is CC(C)n1ncc2c(C(=O)NC(CN)C3CC3)cc(-c3ccccc3)nc21. The summed E-state index contributed by atoms with van der Waals surface area (Å²) in [6.07, 6.45) is 4.00. The van der Waals surface area contributed by atoms with Gasteiger partial charge in [0.15, 0.2) is 5.65 Å². The summed E-state index contributed by atoms with van der Waals surface area (Å²) in [5.41, 5.74) is 8.95. The molecule has 3 N–H and O–H groups in total. The van der Waals surface area contributed by atoms with Crippen LogP contribution in [0.15, 0.2) is 42.6 Å². The van der Waals surface area contributed by atoms with E-state index in [-0.39, 0.29) is 18.0 Å². The zero-order valence-electron chi connectivity index (χ0n) is 15.7. The Morgan fingerprint density at radius 2 is 2.04 bits per heavy atom. The van der Waals surface area contributed by atoms with Crippen molar-refractivity contribution in [2.75, 3.05) is 6.54 Å². The molecule has 27 heavy (non-hydrogen) atoms. The monoisotopic (exact) mass is 363 g/mol. The van der Waals surface area contributed by atoms with Gasteiger partial charge in [-0.1, -0.05) is 30.3 Å². The Bertz CT molecular complexity index is 959. The molecule has 1 aliphatic carbocycles. The number of hydrogen-bond acceptors (Lipinski definition) is 4. The molecule has 1 atom stereocenters. The third-order valence-corrected chi connectivity index (χ3v) is 5.13. The maximum absolute atomic E-state index is 13.1. The van der Waals surface area contributed by atoms with Gasteiger partial charge in [0.05, 0.1) is 22.8 Å². The second-order valence-corrected chi connectivity index (χ2v) is 7.49. The molecule has 1 fully saturated rings. The first-order valence-electron chi connectivity index (χ1n) is 9.53. The second-order valence-electron chi connectivity index (χ2n) is 7.49. The molecule has 140 valence electrons. The van der Waals surface area contributed by atoms with E-state index in [2.05, 4.69) is 24.3 Å². The molecule has 1 aliphatic rings. The maximum Gasteiger partial charge on any atom is 0.252 e. The van der Waals surface area contributed by atoms with Crippen molar-refractivity contribution in [2.24, 2.45) is 11.7 Å². The predicted molar refractivity (Wildman–Crippen MR) is 106 cm³/mol. The van der Waals surface area contributed by atoms with E-state index in [0.717, 1.165) is 35.1 Å². The minimum atomic E-state index is -0.106. The number of nitrogens with two attached hydrogens (primary N) is 1. The van der Waals surface area contributed by atoms with E-state index in [1.54, 1.807) is 6.20 Å². The minimum absolute atomic E-state index is 0.0287. The second kappa shape index (κ2) is 7.12. The molecular formula is C21H25N5O. The number of carbonyl (C=O) groups excluding carboxylic acids is 1. The highest BCUT2D eigenvalue weighted by molar-refractivity contribution is 6.06. The van der Waals surface area contributed by atoms with Gasteiger partial charge < -0.3 is 11.1 Å². The van der Waals surface area contributed by atoms with Gasteiger partial charge in [-0.25, -0.2) is 9.67 Å². The summed E-state index contributed by atoms with van der Waals surface area (Å²) in [5, 5.41) is 8.37. The molecule has 3 aromatic rings. The van der Waals surface area contributed by atoms with Crippen molar-refractivity contribution in [1.29, 1.82) is 0 Å². The molecule has 1 saturated carbocycles. The summed E-state index contributed by atoms with van der Waals surface area (Å²) in [6.45, 7) is 4.57. The number of carbonyl (C=O) groups is 1. The topological polar surface area (TPSA) is 85.8 Å². The van der Waals surface area contributed by atoms with E-state index in [1.807, 2.05) is 41.1 Å². The highest BCUT2D eigenvalue weighted by Crippen LogP contribution is 2.33. The van der Waals surface area contributed by atoms with Crippen LogP contribution in [0.1, 0.15) is 43.1 Å². The van der Waals surface area contributed by atoms with Crippen molar-refractivity contribution >= 4 is 16.9 Å². The summed E-state index contributed by atoms with van der Waals surface area (Å²) < 4.78 is 1.86. The third kappa shape index (κ3) is 3.45. The van der Waals surface area contributed by atoms with E-state index in [0.29, 0.717) is 18.0 Å². The fourth-order valence-corrected chi connectivity index (χ4v) is 3.45. The lowest BCUT2D eigenvalue weighted by Gasteiger charge is -2.17. The first-order valence-corrected chi connectivity index (χ1v) is 9.53. The van der Waals surface area contributed by atoms with Crippen LogP contribution in [0.25, 0.3) is 22.3 Å². The van der Waals surface area contributed by atoms with Gasteiger partial charge in [-0.05, 0) is 38.7 Å². The van der Waals surface area contributed by atoms with Crippen LogP contribution in [0.5, 0.6) is 0 Å². The average molecular weight is 363 g/mol. The van der Waals surface area contributed by atoms with E-state index in [1.165, 1.54) is 0 Å². The molecule has 1 aromatic carbocycles. The normalized spacial score (nSPS) is 15.3. The number of nitrogens with one attached hydrogen (secondary N) is 1. The number of benzene rings is 1. The molecule has 0 bridgehead atoms. The van der Waals surface area contributed by atoms with Gasteiger partial charge in [-0.3, -0.25) is 4.79 Å². The van der Waals surface area contributed by atoms with Gasteiger partial charge in [0.2, 0.25) is 0 Å². The van der Waals surface area contributed by atoms with E-state index in [4.69, 9.17) is 10.7 Å². The van der Waals surface area contributed by atoms with Gasteiger partial charge in [0.1, 0.15) is 0 Å². The molecular weight excluding hydrogens is 338 g/mol. The van der Waals surface area contributed by atoms with Gasteiger partial charge in [-0.15, -0.1) is 0 Å². The van der Waals surface area contributed by atoms with Crippen molar-refractivity contribution in [1.82, 2.24) is 20.1 Å². The summed E-state index contributed by atoms with van der Waals surface area (Å²) >= 11 is 0. The summed E-state index contributed by atoms with van der Waals surface area (Å²) in [5.74, 6) is 0.397. The maximum atomic E-state index is 13.1. The van der Waals surface area contributed by atoms with Gasteiger partial charge in [0.25, 0.3) is 5.91 Å². The van der Waals surface area contributed by atoms with E-state index in [9.17, 15) is 4.79 Å². The molecule has 2 heterocycles. The Labute approximate surface area is 158 Å². The van der Waals surface area contributed by atoms with Crippen LogP contribution >= 0.6 is 0 Å². The van der Waals surface area contributed by atoms with E-state index >= 15 is 0 Å². The van der Waals surface area contributed by atoms with Gasteiger partial charge >= 0.3 is 0 Å². The molecule has 0 saturated heterocycles. The van der Waals surface area contributed by atoms with Gasteiger partial charge in [-0.2, -0.15) is 5.10 Å². The third-order valence-electron chi connectivity index (χ3n) is 5.13. The Kier molecular flexibility index (Phi) is 4.66. The van der Waals surface area contributed by atoms with Crippen molar-refractivity contribution < 1.29 is 4.79 Å². The first-order chi connectivity index (χ1) is 13.1. The Balaban J connectivity index is 1.81. The number of fused-ring (bicyclic) bond motifs is 1. The number of nitrogens with zero attached hydrogens (tertiary/aromatic N) is 3. The van der Waals surface area contributed by atoms with Crippen LogP contribution in [0.4, 0.5) is 0 Å². The smallest absolute Gasteiger partial charge is 0.252 e. The standard InChI is InChI=1S/C21H25N5O/c1-13(2)26-20-17(12-23-26)16(21(27)25-19(11-22)15-8-9-15)10-18(24-20)14-6-4-3-5-7-14/h3-7,10,12-13,15,19H,8-9,11,22H2,1-2H3,(H,25,27). The number of rotatable bonds is 6. The van der Waals surface area contributed by atoms with Crippen molar-refractivity contribution in [3.8, 4) is 11.3 Å². The number of amides is 1. The molecule has 0 aliphatic heterocycles. The van der Waals surface area contributed by atoms with E-state index < -0.39 is 0 Å². The summed E-state index contributed by atoms with van der Waals surface area (Å²) in [4.78, 5) is 17.9. The van der Waals surface area contributed by atoms with Crippen LogP contribution in [0, 0.1) is 5.92 Å². The Morgan fingerprint density at radius 3 is 2.67 bits per heavy atom. The van der Waals surface area contributed by atoms with Crippen molar-refractivity contribution in [2.45, 2.75) is 38.8 Å².